The molecule has 1 heterocycles. The van der Waals surface area contributed by atoms with E-state index in [0.717, 1.165) is 0 Å². The van der Waals surface area contributed by atoms with E-state index < -0.39 is 6.10 Å². The molecule has 1 unspecified atom stereocenters. The monoisotopic (exact) mass is 172 g/mol. The first-order valence-corrected chi connectivity index (χ1v) is 3.85. The van der Waals surface area contributed by atoms with Crippen molar-refractivity contribution >= 4 is 0 Å². The quantitative estimate of drug-likeness (QED) is 0.670. The number of hydrogen-bond donors (Lipinski definition) is 2. The zero-order valence-electron chi connectivity index (χ0n) is 6.90. The van der Waals surface area contributed by atoms with Crippen molar-refractivity contribution in [2.75, 3.05) is 6.61 Å². The maximum Gasteiger partial charge on any atom is 0.226 e. The molecule has 0 amide bonds. The number of aryl methyl sites for hydroxylation is 1. The molecule has 1 atom stereocenters. The summed E-state index contributed by atoms with van der Waals surface area (Å²) in [5, 5.41) is 21.1. The van der Waals surface area contributed by atoms with Gasteiger partial charge in [0.05, 0.1) is 0 Å². The van der Waals surface area contributed by atoms with Gasteiger partial charge < -0.3 is 14.7 Å². The number of rotatable bonds is 4. The Hall–Kier alpha value is -0.940. The lowest BCUT2D eigenvalue weighted by Gasteiger charge is -1.91. The molecule has 0 aliphatic carbocycles. The van der Waals surface area contributed by atoms with E-state index in [0.29, 0.717) is 24.6 Å². The summed E-state index contributed by atoms with van der Waals surface area (Å²) in [5.41, 5.74) is 0. The fraction of sp³-hybridized carbons (Fsp3) is 0.714. The highest BCUT2D eigenvalue weighted by Gasteiger charge is 2.09. The molecule has 5 nitrogen and oxygen atoms in total. The average Bonchev–Trinajstić information content (AvgIpc) is 2.48. The SMILES string of the molecule is CC(O)c1noc(CCCO)n1. The molecule has 0 saturated heterocycles. The Bertz CT molecular complexity index is 234. The van der Waals surface area contributed by atoms with Crippen LogP contribution in [0.25, 0.3) is 0 Å². The van der Waals surface area contributed by atoms with Crippen molar-refractivity contribution in [3.05, 3.63) is 11.7 Å². The Morgan fingerprint density at radius 1 is 1.58 bits per heavy atom. The molecule has 0 aromatic carbocycles. The van der Waals surface area contributed by atoms with Gasteiger partial charge in [0.1, 0.15) is 6.10 Å². The highest BCUT2D eigenvalue weighted by Crippen LogP contribution is 2.07. The van der Waals surface area contributed by atoms with Gasteiger partial charge in [-0.3, -0.25) is 0 Å². The van der Waals surface area contributed by atoms with Crippen LogP contribution in [0.3, 0.4) is 0 Å². The largest absolute Gasteiger partial charge is 0.396 e. The van der Waals surface area contributed by atoms with Crippen LogP contribution in [0.5, 0.6) is 0 Å². The second-order valence-electron chi connectivity index (χ2n) is 2.55. The van der Waals surface area contributed by atoms with E-state index in [1.54, 1.807) is 6.92 Å². The molecule has 0 radical (unpaired) electrons. The fourth-order valence-electron chi connectivity index (χ4n) is 0.770. The standard InChI is InChI=1S/C7H12N2O3/c1-5(11)7-8-6(12-9-7)3-2-4-10/h5,10-11H,2-4H2,1H3. The summed E-state index contributed by atoms with van der Waals surface area (Å²) in [6.45, 7) is 1.67. The molecule has 0 fully saturated rings. The van der Waals surface area contributed by atoms with Crippen LogP contribution in [0.15, 0.2) is 4.52 Å². The summed E-state index contributed by atoms with van der Waals surface area (Å²) in [4.78, 5) is 3.91. The Kier molecular flexibility index (Phi) is 3.19. The first kappa shape index (κ1) is 9.15. The van der Waals surface area contributed by atoms with Gasteiger partial charge >= 0.3 is 0 Å². The first-order chi connectivity index (χ1) is 5.74. The predicted octanol–water partition coefficient (Wildman–Crippen LogP) is 0.0478. The molecule has 0 saturated carbocycles. The molecule has 0 spiro atoms. The number of aromatic nitrogens is 2. The number of aliphatic hydroxyl groups excluding tert-OH is 2. The summed E-state index contributed by atoms with van der Waals surface area (Å²) in [7, 11) is 0. The van der Waals surface area contributed by atoms with Gasteiger partial charge in [0.25, 0.3) is 0 Å². The van der Waals surface area contributed by atoms with Gasteiger partial charge in [-0.15, -0.1) is 0 Å². The minimum Gasteiger partial charge on any atom is -0.396 e. The van der Waals surface area contributed by atoms with Crippen LogP contribution in [0.2, 0.25) is 0 Å². The van der Waals surface area contributed by atoms with Gasteiger partial charge in [0, 0.05) is 13.0 Å². The third-order valence-corrected chi connectivity index (χ3v) is 1.41. The fourth-order valence-corrected chi connectivity index (χ4v) is 0.770. The summed E-state index contributed by atoms with van der Waals surface area (Å²) < 4.78 is 4.80. The third kappa shape index (κ3) is 2.28. The smallest absolute Gasteiger partial charge is 0.226 e. The van der Waals surface area contributed by atoms with Gasteiger partial charge in [0.15, 0.2) is 5.82 Å². The number of nitrogens with zero attached hydrogens (tertiary/aromatic N) is 2. The molecule has 68 valence electrons. The molecule has 1 aromatic heterocycles. The van der Waals surface area contributed by atoms with Gasteiger partial charge in [-0.25, -0.2) is 0 Å². The van der Waals surface area contributed by atoms with Crippen LogP contribution in [0.1, 0.15) is 31.2 Å². The van der Waals surface area contributed by atoms with E-state index in [2.05, 4.69) is 10.1 Å². The van der Waals surface area contributed by atoms with Crippen LogP contribution in [-0.2, 0) is 6.42 Å². The molecule has 0 bridgehead atoms. The first-order valence-electron chi connectivity index (χ1n) is 3.85. The van der Waals surface area contributed by atoms with Crippen molar-refractivity contribution in [1.82, 2.24) is 10.1 Å². The molecule has 2 N–H and O–H groups in total. The summed E-state index contributed by atoms with van der Waals surface area (Å²) in [6.07, 6.45) is 0.453. The van der Waals surface area contributed by atoms with Crippen molar-refractivity contribution in [2.45, 2.75) is 25.9 Å². The molecule has 0 aliphatic heterocycles. The normalized spacial score (nSPS) is 13.2. The maximum atomic E-state index is 9.03. The zero-order chi connectivity index (χ0) is 8.97. The second-order valence-corrected chi connectivity index (χ2v) is 2.55. The van der Waals surface area contributed by atoms with Gasteiger partial charge in [-0.2, -0.15) is 4.98 Å². The predicted molar refractivity (Wildman–Crippen MR) is 40.3 cm³/mol. The molecular formula is C7H12N2O3. The topological polar surface area (TPSA) is 79.4 Å². The van der Waals surface area contributed by atoms with Crippen LogP contribution in [0.4, 0.5) is 0 Å². The van der Waals surface area contributed by atoms with Gasteiger partial charge in [-0.05, 0) is 13.3 Å². The summed E-state index contributed by atoms with van der Waals surface area (Å²) in [6, 6.07) is 0. The van der Waals surface area contributed by atoms with Crippen molar-refractivity contribution in [1.29, 1.82) is 0 Å². The van der Waals surface area contributed by atoms with Crippen molar-refractivity contribution in [3.63, 3.8) is 0 Å². The lowest BCUT2D eigenvalue weighted by Crippen LogP contribution is -1.94. The van der Waals surface area contributed by atoms with Crippen molar-refractivity contribution in [2.24, 2.45) is 0 Å². The molecule has 5 heteroatoms. The summed E-state index contributed by atoms with van der Waals surface area (Å²) >= 11 is 0. The Morgan fingerprint density at radius 3 is 2.83 bits per heavy atom. The minimum atomic E-state index is -0.698. The van der Waals surface area contributed by atoms with E-state index in [4.69, 9.17) is 14.7 Å². The summed E-state index contributed by atoms with van der Waals surface area (Å²) in [5.74, 6) is 0.753. The van der Waals surface area contributed by atoms with Crippen LogP contribution in [0, 0.1) is 0 Å². The second kappa shape index (κ2) is 4.18. The molecule has 1 aromatic rings. The lowest BCUT2D eigenvalue weighted by atomic mass is 10.3. The van der Waals surface area contributed by atoms with E-state index in [1.165, 1.54) is 0 Å². The zero-order valence-corrected chi connectivity index (χ0v) is 6.90. The van der Waals surface area contributed by atoms with Crippen molar-refractivity contribution in [3.8, 4) is 0 Å². The van der Waals surface area contributed by atoms with E-state index >= 15 is 0 Å². The van der Waals surface area contributed by atoms with Gasteiger partial charge in [-0.1, -0.05) is 5.16 Å². The maximum absolute atomic E-state index is 9.03. The number of hydrogen-bond acceptors (Lipinski definition) is 5. The van der Waals surface area contributed by atoms with Crippen LogP contribution < -0.4 is 0 Å². The van der Waals surface area contributed by atoms with Crippen molar-refractivity contribution < 1.29 is 14.7 Å². The molecule has 12 heavy (non-hydrogen) atoms. The van der Waals surface area contributed by atoms with E-state index in [-0.39, 0.29) is 6.61 Å². The molecular weight excluding hydrogens is 160 g/mol. The Labute approximate surface area is 70.0 Å². The Morgan fingerprint density at radius 2 is 2.33 bits per heavy atom. The van der Waals surface area contributed by atoms with Crippen LogP contribution >= 0.6 is 0 Å². The molecule has 1 rings (SSSR count). The highest BCUT2D eigenvalue weighted by atomic mass is 16.5. The Balaban J connectivity index is 2.52. The van der Waals surface area contributed by atoms with E-state index in [1.807, 2.05) is 0 Å². The van der Waals surface area contributed by atoms with E-state index in [9.17, 15) is 0 Å². The minimum absolute atomic E-state index is 0.104. The number of aliphatic hydroxyl groups is 2. The molecule has 0 aliphatic rings. The van der Waals surface area contributed by atoms with Crippen LogP contribution in [-0.4, -0.2) is 27.0 Å². The highest BCUT2D eigenvalue weighted by molar-refractivity contribution is 4.88. The average molecular weight is 172 g/mol. The third-order valence-electron chi connectivity index (χ3n) is 1.41. The van der Waals surface area contributed by atoms with Gasteiger partial charge in [0.2, 0.25) is 5.89 Å². The lowest BCUT2D eigenvalue weighted by molar-refractivity contribution is 0.184.